The minimum absolute atomic E-state index is 0.182. The van der Waals surface area contributed by atoms with Crippen LogP contribution in [0.4, 0.5) is 10.1 Å². The molecule has 0 spiro atoms. The number of carbonyl (C=O) groups is 1. The number of carbonyl (C=O) groups excluding carboxylic acids is 1. The second-order valence-corrected chi connectivity index (χ2v) is 9.66. The molecule has 0 unspecified atom stereocenters. The third-order valence-electron chi connectivity index (χ3n) is 6.41. The first-order valence-corrected chi connectivity index (χ1v) is 12.7. The van der Waals surface area contributed by atoms with Crippen LogP contribution in [0.3, 0.4) is 0 Å². The molecular formula is C28H25ClFN5OS. The van der Waals surface area contributed by atoms with Crippen molar-refractivity contribution < 1.29 is 9.18 Å². The molecule has 0 saturated carbocycles. The van der Waals surface area contributed by atoms with Crippen LogP contribution in [0.1, 0.15) is 35.5 Å². The third-order valence-corrected chi connectivity index (χ3v) is 7.18. The first-order valence-electron chi connectivity index (χ1n) is 11.9. The van der Waals surface area contributed by atoms with Crippen LogP contribution >= 0.6 is 23.8 Å². The monoisotopic (exact) mass is 533 g/mol. The summed E-state index contributed by atoms with van der Waals surface area (Å²) in [6.07, 6.45) is 3.97. The van der Waals surface area contributed by atoms with Crippen LogP contribution in [0.5, 0.6) is 0 Å². The normalized spacial score (nSPS) is 17.1. The zero-order chi connectivity index (χ0) is 25.9. The van der Waals surface area contributed by atoms with Gasteiger partial charge in [0.15, 0.2) is 5.11 Å². The van der Waals surface area contributed by atoms with Crippen LogP contribution in [0, 0.1) is 12.7 Å². The molecule has 0 aliphatic carbocycles. The molecule has 0 bridgehead atoms. The number of hydrogen-bond acceptors (Lipinski definition) is 3. The summed E-state index contributed by atoms with van der Waals surface area (Å²) in [6, 6.07) is 21.0. The summed E-state index contributed by atoms with van der Waals surface area (Å²) in [6.45, 7) is 2.36. The Kier molecular flexibility index (Phi) is 7.21. The Hall–Kier alpha value is -3.75. The van der Waals surface area contributed by atoms with Crippen LogP contribution in [0.25, 0.3) is 5.69 Å². The summed E-state index contributed by atoms with van der Waals surface area (Å²) in [7, 11) is 0. The lowest BCUT2D eigenvalue weighted by Crippen LogP contribution is -2.33. The van der Waals surface area contributed by atoms with E-state index in [0.29, 0.717) is 22.4 Å². The lowest BCUT2D eigenvalue weighted by atomic mass is 10.0. The Balaban J connectivity index is 1.44. The van der Waals surface area contributed by atoms with E-state index in [0.717, 1.165) is 22.6 Å². The molecule has 4 aromatic rings. The Morgan fingerprint density at radius 1 is 1.14 bits per heavy atom. The predicted molar refractivity (Wildman–Crippen MR) is 147 cm³/mol. The molecule has 2 aromatic heterocycles. The number of benzene rings is 2. The van der Waals surface area contributed by atoms with Crippen LogP contribution < -0.4 is 10.6 Å². The first kappa shape index (κ1) is 24.9. The second kappa shape index (κ2) is 10.7. The van der Waals surface area contributed by atoms with Gasteiger partial charge in [0.25, 0.3) is 0 Å². The van der Waals surface area contributed by atoms with Gasteiger partial charge in [-0.1, -0.05) is 17.7 Å². The highest BCUT2D eigenvalue weighted by Gasteiger charge is 2.41. The summed E-state index contributed by atoms with van der Waals surface area (Å²) in [5.74, 6) is -0.535. The summed E-state index contributed by atoms with van der Waals surface area (Å²) < 4.78 is 15.3. The van der Waals surface area contributed by atoms with E-state index in [9.17, 15) is 9.18 Å². The van der Waals surface area contributed by atoms with Gasteiger partial charge in [-0.15, -0.1) is 0 Å². The summed E-state index contributed by atoms with van der Waals surface area (Å²) in [5.41, 5.74) is 4.36. The number of nitrogens with zero attached hydrogens (tertiary/aromatic N) is 3. The Morgan fingerprint density at radius 3 is 2.68 bits per heavy atom. The van der Waals surface area contributed by atoms with Gasteiger partial charge in [-0.25, -0.2) is 4.39 Å². The van der Waals surface area contributed by atoms with Gasteiger partial charge in [0.2, 0.25) is 5.91 Å². The molecule has 2 N–H and O–H groups in total. The zero-order valence-electron chi connectivity index (χ0n) is 20.1. The van der Waals surface area contributed by atoms with Crippen molar-refractivity contribution in [3.05, 3.63) is 113 Å². The number of anilines is 1. The molecule has 3 heterocycles. The molecule has 1 amide bonds. The van der Waals surface area contributed by atoms with Gasteiger partial charge < -0.3 is 20.1 Å². The molecule has 188 valence electrons. The van der Waals surface area contributed by atoms with E-state index in [1.165, 1.54) is 24.3 Å². The van der Waals surface area contributed by atoms with E-state index in [1.807, 2.05) is 60.5 Å². The van der Waals surface area contributed by atoms with Gasteiger partial charge in [0, 0.05) is 47.5 Å². The van der Waals surface area contributed by atoms with Gasteiger partial charge in [-0.2, -0.15) is 0 Å². The van der Waals surface area contributed by atoms with Crippen LogP contribution in [-0.2, 0) is 4.79 Å². The van der Waals surface area contributed by atoms with E-state index in [2.05, 4.69) is 26.3 Å². The standard InChI is InChI=1S/C28H25ClFN5OS/c1-18-17-21(11-12-22(18)29)34-15-4-6-24(34)27-26(23-5-2-3-14-31-23)33-28(37)35(27)16-13-25(36)32-20-9-7-19(30)8-10-20/h2-12,14-15,17,26-27H,13,16H2,1H3,(H,32,36)(H,33,37)/t26-,27-/m0/s1. The molecule has 37 heavy (non-hydrogen) atoms. The fraction of sp³-hybridized carbons (Fsp3) is 0.179. The number of rotatable bonds is 7. The van der Waals surface area contributed by atoms with Gasteiger partial charge >= 0.3 is 0 Å². The number of thiocarbonyl (C=S) groups is 1. The fourth-order valence-electron chi connectivity index (χ4n) is 4.60. The van der Waals surface area contributed by atoms with Crippen LogP contribution in [0.15, 0.2) is 85.2 Å². The minimum atomic E-state index is -0.353. The van der Waals surface area contributed by atoms with Crippen molar-refractivity contribution in [2.24, 2.45) is 0 Å². The number of nitrogens with one attached hydrogen (secondary N) is 2. The minimum Gasteiger partial charge on any atom is -0.352 e. The average Bonchev–Trinajstić information content (AvgIpc) is 3.50. The lowest BCUT2D eigenvalue weighted by molar-refractivity contribution is -0.116. The topological polar surface area (TPSA) is 62.2 Å². The third kappa shape index (κ3) is 5.35. The molecule has 1 fully saturated rings. The average molecular weight is 534 g/mol. The van der Waals surface area contributed by atoms with Gasteiger partial charge in [0.1, 0.15) is 5.82 Å². The van der Waals surface area contributed by atoms with Crippen molar-refractivity contribution in [3.63, 3.8) is 0 Å². The van der Waals surface area contributed by atoms with E-state index < -0.39 is 0 Å². The van der Waals surface area contributed by atoms with E-state index in [-0.39, 0.29) is 30.2 Å². The molecule has 1 saturated heterocycles. The fourth-order valence-corrected chi connectivity index (χ4v) is 5.04. The maximum absolute atomic E-state index is 13.2. The number of aromatic nitrogens is 2. The molecule has 2 aromatic carbocycles. The maximum Gasteiger partial charge on any atom is 0.226 e. The van der Waals surface area contributed by atoms with Crippen molar-refractivity contribution in [2.75, 3.05) is 11.9 Å². The van der Waals surface area contributed by atoms with Crippen molar-refractivity contribution in [1.82, 2.24) is 19.8 Å². The molecular weight excluding hydrogens is 509 g/mol. The summed E-state index contributed by atoms with van der Waals surface area (Å²) in [4.78, 5) is 19.4. The van der Waals surface area contributed by atoms with Gasteiger partial charge in [-0.3, -0.25) is 9.78 Å². The molecule has 2 atom stereocenters. The number of pyridine rings is 1. The van der Waals surface area contributed by atoms with Crippen molar-refractivity contribution in [1.29, 1.82) is 0 Å². The highest BCUT2D eigenvalue weighted by molar-refractivity contribution is 7.80. The Labute approximate surface area is 225 Å². The quantitative estimate of drug-likeness (QED) is 0.286. The van der Waals surface area contributed by atoms with Crippen molar-refractivity contribution >= 4 is 40.5 Å². The second-order valence-electron chi connectivity index (χ2n) is 8.86. The highest BCUT2D eigenvalue weighted by Crippen LogP contribution is 2.39. The largest absolute Gasteiger partial charge is 0.352 e. The van der Waals surface area contributed by atoms with E-state index in [1.54, 1.807) is 6.20 Å². The van der Waals surface area contributed by atoms with Gasteiger partial charge in [-0.05, 0) is 91.4 Å². The Bertz CT molecular complexity index is 1430. The maximum atomic E-state index is 13.2. The smallest absolute Gasteiger partial charge is 0.226 e. The first-order chi connectivity index (χ1) is 17.9. The SMILES string of the molecule is Cc1cc(-n2cccc2[C@H]2[C@H](c3ccccn3)NC(=S)N2CCC(=O)Nc2ccc(F)cc2)ccc1Cl. The van der Waals surface area contributed by atoms with Crippen molar-refractivity contribution in [3.8, 4) is 5.69 Å². The number of hydrogen-bond donors (Lipinski definition) is 2. The van der Waals surface area contributed by atoms with E-state index >= 15 is 0 Å². The van der Waals surface area contributed by atoms with Crippen LogP contribution in [0.2, 0.25) is 5.02 Å². The van der Waals surface area contributed by atoms with Crippen LogP contribution in [-0.4, -0.2) is 32.0 Å². The zero-order valence-corrected chi connectivity index (χ0v) is 21.6. The molecule has 9 heteroatoms. The molecule has 0 radical (unpaired) electrons. The molecule has 1 aliphatic heterocycles. The van der Waals surface area contributed by atoms with Gasteiger partial charge in [0.05, 0.1) is 17.8 Å². The summed E-state index contributed by atoms with van der Waals surface area (Å²) in [5, 5.41) is 7.51. The molecule has 1 aliphatic rings. The predicted octanol–water partition coefficient (Wildman–Crippen LogP) is 5.97. The van der Waals surface area contributed by atoms with E-state index in [4.69, 9.17) is 23.8 Å². The number of amides is 1. The molecule has 5 rings (SSSR count). The highest BCUT2D eigenvalue weighted by atomic mass is 35.5. The molecule has 6 nitrogen and oxygen atoms in total. The van der Waals surface area contributed by atoms with Crippen molar-refractivity contribution in [2.45, 2.75) is 25.4 Å². The lowest BCUT2D eigenvalue weighted by Gasteiger charge is -2.29. The number of aryl methyl sites for hydroxylation is 1. The Morgan fingerprint density at radius 2 is 1.95 bits per heavy atom. The number of halogens is 2. The summed E-state index contributed by atoms with van der Waals surface area (Å²) >= 11 is 12.0.